The third-order valence-electron chi connectivity index (χ3n) is 29.9. The molecule has 0 unspecified atom stereocenters. The Kier molecular flexibility index (Phi) is 32.9. The Balaban J connectivity index is 0.000000129. The SMILES string of the molecule is CC(C)(C)CC(=O)Nc1nc2ccc(Br)cc2n1C1CCC1.CC(C)(C)CC(=O)Nc1nc2ccc(C(F)F)cc2n1C1CCC1.CC(C)c1ccc2nc(NC(=O)CC(C)(C)C)n(C3CCC3)c2c1.CC(C)c1ccc2nc(NC(=O)[C@@H](C)C(C)C)n(C3CCC3)c2c1.CC1(CC(=O)Nc2nc3ccc(Cl)cc3n2C2CCC2)CCC1.C[C@H](C(=O)Nc1nc2ccc(Cl)cc2n1C1CCC1)C1CC(C)(F)C1. The highest BCUT2D eigenvalue weighted by Gasteiger charge is 2.46. The van der Waals surface area contributed by atoms with Crippen LogP contribution in [0.4, 0.5) is 48.9 Å². The number of halogens is 6. The number of nitrogens with one attached hydrogen (secondary N) is 6. The van der Waals surface area contributed by atoms with Crippen LogP contribution in [0.5, 0.6) is 0 Å². The number of nitrogens with zero attached hydrogens (tertiary/aromatic N) is 12. The van der Waals surface area contributed by atoms with Crippen molar-refractivity contribution in [3.63, 3.8) is 0 Å². The fraction of sp³-hybridized carbons (Fsp3) is 0.571. The molecule has 8 aliphatic carbocycles. The highest BCUT2D eigenvalue weighted by atomic mass is 79.9. The first-order valence-electron chi connectivity index (χ1n) is 51.9. The molecule has 8 aliphatic rings. The van der Waals surface area contributed by atoms with Gasteiger partial charge in [-0.25, -0.2) is 43.1 Å². The Hall–Kier alpha value is -10.2. The molecule has 0 aliphatic heterocycles. The Morgan fingerprint density at radius 2 is 0.655 bits per heavy atom. The summed E-state index contributed by atoms with van der Waals surface area (Å²) >= 11 is 15.8. The molecule has 764 valence electrons. The molecule has 8 fully saturated rings. The maximum atomic E-state index is 13.7. The fourth-order valence-corrected chi connectivity index (χ4v) is 20.5. The molecule has 6 aromatic carbocycles. The monoisotopic (exact) mass is 2050 g/mol. The number of amides is 6. The summed E-state index contributed by atoms with van der Waals surface area (Å²) in [5.74, 6) is 5.02. The van der Waals surface area contributed by atoms with Gasteiger partial charge in [0.2, 0.25) is 71.1 Å². The van der Waals surface area contributed by atoms with Crippen LogP contribution in [-0.4, -0.2) is 98.4 Å². The van der Waals surface area contributed by atoms with Gasteiger partial charge in [0.05, 0.1) is 66.2 Å². The number of rotatable bonds is 24. The summed E-state index contributed by atoms with van der Waals surface area (Å²) in [4.78, 5) is 102. The quantitative estimate of drug-likeness (QED) is 0.0329. The van der Waals surface area contributed by atoms with Crippen molar-refractivity contribution in [2.75, 3.05) is 31.9 Å². The zero-order valence-electron chi connectivity index (χ0n) is 86.6. The molecule has 6 amide bonds. The van der Waals surface area contributed by atoms with E-state index in [-0.39, 0.29) is 86.5 Å². The van der Waals surface area contributed by atoms with E-state index in [1.54, 1.807) is 13.0 Å². The molecular formula is C112H148BrCl2F3N18O6. The minimum Gasteiger partial charge on any atom is -0.307 e. The average molecular weight is 2050 g/mol. The zero-order valence-corrected chi connectivity index (χ0v) is 89.7. The van der Waals surface area contributed by atoms with Crippen molar-refractivity contribution in [1.29, 1.82) is 0 Å². The molecule has 0 radical (unpaired) electrons. The lowest BCUT2D eigenvalue weighted by molar-refractivity contribution is -0.124. The highest BCUT2D eigenvalue weighted by Crippen LogP contribution is 2.49. The van der Waals surface area contributed by atoms with Gasteiger partial charge in [0.25, 0.3) is 6.43 Å². The Morgan fingerprint density at radius 3 is 0.930 bits per heavy atom. The second kappa shape index (κ2) is 44.0. The summed E-state index contributed by atoms with van der Waals surface area (Å²) in [7, 11) is 0. The maximum absolute atomic E-state index is 13.7. The van der Waals surface area contributed by atoms with Crippen molar-refractivity contribution in [1.82, 2.24) is 57.3 Å². The molecule has 8 saturated carbocycles. The molecular weight excluding hydrogens is 1900 g/mol. The molecule has 20 rings (SSSR count). The Bertz CT molecular complexity index is 6430. The molecule has 6 N–H and O–H groups in total. The maximum Gasteiger partial charge on any atom is 0.263 e. The van der Waals surface area contributed by atoms with Crippen molar-refractivity contribution in [2.45, 2.75) is 365 Å². The zero-order chi connectivity index (χ0) is 102. The van der Waals surface area contributed by atoms with Gasteiger partial charge >= 0.3 is 0 Å². The highest BCUT2D eigenvalue weighted by molar-refractivity contribution is 9.10. The molecule has 6 heterocycles. The summed E-state index contributed by atoms with van der Waals surface area (Å²) < 4.78 is 53.7. The van der Waals surface area contributed by atoms with Gasteiger partial charge in [0.15, 0.2) is 0 Å². The smallest absolute Gasteiger partial charge is 0.263 e. The van der Waals surface area contributed by atoms with Gasteiger partial charge in [0.1, 0.15) is 5.67 Å². The van der Waals surface area contributed by atoms with Crippen LogP contribution >= 0.6 is 39.1 Å². The van der Waals surface area contributed by atoms with Crippen LogP contribution in [0, 0.1) is 45.3 Å². The molecule has 30 heteroatoms. The van der Waals surface area contributed by atoms with Gasteiger partial charge in [0, 0.05) is 93.9 Å². The number of aromatic nitrogens is 12. The number of anilines is 6. The number of carbonyl (C=O) groups is 6. The van der Waals surface area contributed by atoms with Crippen molar-refractivity contribution in [3.05, 3.63) is 140 Å². The largest absolute Gasteiger partial charge is 0.307 e. The van der Waals surface area contributed by atoms with Gasteiger partial charge < -0.3 is 27.4 Å². The Morgan fingerprint density at radius 1 is 0.380 bits per heavy atom. The van der Waals surface area contributed by atoms with Crippen molar-refractivity contribution in [2.24, 2.45) is 45.3 Å². The summed E-state index contributed by atoms with van der Waals surface area (Å²) in [6.07, 6.45) is 24.5. The molecule has 6 aromatic heterocycles. The number of benzene rings is 6. The summed E-state index contributed by atoms with van der Waals surface area (Å²) in [5.41, 5.74) is 12.8. The lowest BCUT2D eigenvalue weighted by Gasteiger charge is -2.41. The number of carbonyl (C=O) groups excluding carboxylic acids is 6. The molecule has 0 spiro atoms. The number of hydrogen-bond donors (Lipinski definition) is 6. The van der Waals surface area contributed by atoms with E-state index in [0.29, 0.717) is 143 Å². The Labute approximate surface area is 852 Å². The van der Waals surface area contributed by atoms with Crippen molar-refractivity contribution >= 4 is 176 Å². The first-order valence-corrected chi connectivity index (χ1v) is 53.5. The van der Waals surface area contributed by atoms with Gasteiger partial charge in [-0.1, -0.05) is 188 Å². The number of imidazole rings is 6. The predicted molar refractivity (Wildman–Crippen MR) is 573 cm³/mol. The van der Waals surface area contributed by atoms with Crippen LogP contribution < -0.4 is 31.9 Å². The average Bonchev–Trinajstić information content (AvgIpc) is 1.66. The first-order chi connectivity index (χ1) is 67.1. The molecule has 24 nitrogen and oxygen atoms in total. The fourth-order valence-electron chi connectivity index (χ4n) is 19.8. The molecule has 0 bridgehead atoms. The van der Waals surface area contributed by atoms with E-state index in [1.807, 2.05) is 87.7 Å². The first kappa shape index (κ1) is 106. The standard InChI is InChI=1S/2C20H29N3O.C19H23ClFN3O.C18H22ClN3O.C18H23F2N3O.C17H22BrN3O/c1-13(2)14-9-10-16-17(11-14)23(15-7-6-8-15)19(21-16)22-18(24)12-20(3,4)5;1-12(2)14(5)19(24)22-20-21-17-10-9-15(13(3)4)11-18(17)23(20)16-7-6-8-16;1-11(12-9-19(2,21)10-12)17(25)23-18-22-15-7-6-13(20)8-16(15)24(18)14-4-3-5-14;1-18(8-3-9-18)11-16(23)21-17-20-14-7-6-12(19)10-15(14)22(17)13-4-2-5-13;1-18(2,3)10-15(24)22-17-21-13-8-7-11(16(19)20)9-14(13)23(17)12-5-4-6-12;1-17(2,3)10-15(22)20-16-19-13-8-7-11(18)9-14(13)21(16)12-5-4-6-12/h9-11,13,15H,6-8,12H2,1-5H3,(H,21,22,24);9-14,16H,6-8H2,1-5H3,(H,21,22,24);6-8,11-12,14H,3-5,9-10H2,1-2H3,(H,22,23,25);6-7,10,13H,2-5,8-9,11H2,1H3,(H,20,21,23);7-9,12,16H,4-6,10H2,1-3H3,(H,21,22,24);7-9,12H,4-6,10H2,1-3H3,(H,19,20,22)/t;14-;11-,12?,19?;;;/m.00.../s1. The third kappa shape index (κ3) is 25.6. The van der Waals surface area contributed by atoms with Gasteiger partial charge in [-0.15, -0.1) is 0 Å². The summed E-state index contributed by atoms with van der Waals surface area (Å²) in [6.45, 7) is 39.1. The van der Waals surface area contributed by atoms with Crippen LogP contribution in [-0.2, 0) is 28.8 Å². The van der Waals surface area contributed by atoms with E-state index < -0.39 is 12.1 Å². The minimum atomic E-state index is -2.52. The number of hydrogen-bond acceptors (Lipinski definition) is 12. The van der Waals surface area contributed by atoms with E-state index in [0.717, 1.165) is 130 Å². The molecule has 142 heavy (non-hydrogen) atoms. The van der Waals surface area contributed by atoms with Gasteiger partial charge in [-0.3, -0.25) is 60.7 Å². The van der Waals surface area contributed by atoms with Crippen molar-refractivity contribution in [3.8, 4) is 0 Å². The normalized spacial score (nSPS) is 18.7. The van der Waals surface area contributed by atoms with Gasteiger partial charge in [-0.2, -0.15) is 0 Å². The minimum absolute atomic E-state index is 0.0180. The van der Waals surface area contributed by atoms with Crippen LogP contribution in [0.3, 0.4) is 0 Å². The van der Waals surface area contributed by atoms with Crippen LogP contribution in [0.1, 0.15) is 376 Å². The van der Waals surface area contributed by atoms with E-state index in [9.17, 15) is 41.9 Å². The molecule has 0 saturated heterocycles. The second-order valence-corrected chi connectivity index (χ2v) is 48.5. The number of fused-ring (bicyclic) bond motifs is 6. The van der Waals surface area contributed by atoms with Crippen molar-refractivity contribution < 1.29 is 41.9 Å². The van der Waals surface area contributed by atoms with E-state index >= 15 is 0 Å². The predicted octanol–water partition coefficient (Wildman–Crippen LogP) is 30.4. The number of alkyl halides is 3. The second-order valence-electron chi connectivity index (χ2n) is 46.7. The van der Waals surface area contributed by atoms with E-state index in [1.165, 1.54) is 87.5 Å². The van der Waals surface area contributed by atoms with Gasteiger partial charge in [-0.05, 0) is 296 Å². The molecule has 2 atom stereocenters. The molecule has 12 aromatic rings. The lowest BCUT2D eigenvalue weighted by Crippen LogP contribution is -2.43. The summed E-state index contributed by atoms with van der Waals surface area (Å²) in [5, 5.41) is 19.5. The lowest BCUT2D eigenvalue weighted by atomic mass is 9.67. The summed E-state index contributed by atoms with van der Waals surface area (Å²) in [6, 6.07) is 37.2. The van der Waals surface area contributed by atoms with Crippen LogP contribution in [0.2, 0.25) is 10.0 Å². The van der Waals surface area contributed by atoms with Crippen LogP contribution in [0.15, 0.2) is 114 Å². The third-order valence-corrected chi connectivity index (χ3v) is 30.9. The van der Waals surface area contributed by atoms with E-state index in [4.69, 9.17) is 33.2 Å². The van der Waals surface area contributed by atoms with E-state index in [2.05, 4.69) is 223 Å². The van der Waals surface area contributed by atoms with Crippen LogP contribution in [0.25, 0.3) is 66.2 Å². The topological polar surface area (TPSA) is 282 Å².